The average Bonchev–Trinajstić information content (AvgIpc) is 3.15. The quantitative estimate of drug-likeness (QED) is 0.412. The van der Waals surface area contributed by atoms with E-state index in [0.717, 1.165) is 5.56 Å². The number of benzene rings is 1. The van der Waals surface area contributed by atoms with E-state index in [-0.39, 0.29) is 22.0 Å². The number of hydrogen-bond donors (Lipinski definition) is 1. The highest BCUT2D eigenvalue weighted by atomic mass is 35.5. The Balaban J connectivity index is 1.77. The van der Waals surface area contributed by atoms with Crippen LogP contribution in [0.25, 0.3) is 0 Å². The Kier molecular flexibility index (Phi) is 7.90. The molecule has 180 valence electrons. The summed E-state index contributed by atoms with van der Waals surface area (Å²) in [5.41, 5.74) is 0.827. The third-order valence-electron chi connectivity index (χ3n) is 4.79. The van der Waals surface area contributed by atoms with Crippen molar-refractivity contribution in [1.29, 1.82) is 0 Å². The zero-order valence-corrected chi connectivity index (χ0v) is 20.5. The first-order valence-corrected chi connectivity index (χ1v) is 12.1. The molecule has 0 aliphatic heterocycles. The molecule has 0 saturated carbocycles. The van der Waals surface area contributed by atoms with Crippen LogP contribution in [0.4, 0.5) is 5.82 Å². The van der Waals surface area contributed by atoms with Crippen LogP contribution in [0.5, 0.6) is 5.75 Å². The van der Waals surface area contributed by atoms with E-state index in [1.54, 1.807) is 30.3 Å². The van der Waals surface area contributed by atoms with E-state index >= 15 is 0 Å². The van der Waals surface area contributed by atoms with Crippen molar-refractivity contribution in [3.63, 3.8) is 0 Å². The molecule has 1 N–H and O–H groups in total. The largest absolute Gasteiger partial charge is 0.489 e. The highest BCUT2D eigenvalue weighted by molar-refractivity contribution is 7.90. The normalized spacial score (nSPS) is 11.2. The van der Waals surface area contributed by atoms with Gasteiger partial charge in [-0.15, -0.1) is 10.2 Å². The van der Waals surface area contributed by atoms with Crippen LogP contribution in [0.1, 0.15) is 34.4 Å². The average molecular weight is 506 g/mol. The molecule has 0 spiro atoms. The van der Waals surface area contributed by atoms with Crippen molar-refractivity contribution in [3.8, 4) is 5.75 Å². The number of anilines is 1. The number of rotatable bonds is 10. The summed E-state index contributed by atoms with van der Waals surface area (Å²) in [4.78, 5) is 14.2. The topological polar surface area (TPSA) is 128 Å². The van der Waals surface area contributed by atoms with Gasteiger partial charge in [0.05, 0.1) is 0 Å². The van der Waals surface area contributed by atoms with Crippen LogP contribution < -0.4 is 14.4 Å². The highest BCUT2D eigenvalue weighted by Gasteiger charge is 2.27. The van der Waals surface area contributed by atoms with Gasteiger partial charge < -0.3 is 14.2 Å². The van der Waals surface area contributed by atoms with Crippen LogP contribution in [0.15, 0.2) is 52.4 Å². The molecule has 0 saturated heterocycles. The van der Waals surface area contributed by atoms with Gasteiger partial charge in [-0.3, -0.25) is 4.79 Å². The molecular weight excluding hydrogens is 482 g/mol. The highest BCUT2D eigenvalue weighted by Crippen LogP contribution is 2.26. The lowest BCUT2D eigenvalue weighted by Gasteiger charge is -2.23. The van der Waals surface area contributed by atoms with Gasteiger partial charge in [-0.05, 0) is 51.1 Å². The third-order valence-corrected chi connectivity index (χ3v) is 6.60. The lowest BCUT2D eigenvalue weighted by Crippen LogP contribution is -2.32. The van der Waals surface area contributed by atoms with Crippen molar-refractivity contribution >= 4 is 33.3 Å². The molecule has 1 amide bonds. The molecule has 34 heavy (non-hydrogen) atoms. The number of carbonyl (C=O) groups excluding carboxylic acids is 1. The minimum absolute atomic E-state index is 0.0790. The Labute approximate surface area is 202 Å². The molecule has 2 aromatic heterocycles. The molecule has 3 aromatic rings. The fourth-order valence-electron chi connectivity index (χ4n) is 3.22. The minimum Gasteiger partial charge on any atom is -0.489 e. The van der Waals surface area contributed by atoms with E-state index < -0.39 is 15.9 Å². The maximum Gasteiger partial charge on any atom is 0.285 e. The number of sulfonamides is 1. The fraction of sp³-hybridized carbons (Fsp3) is 0.273. The summed E-state index contributed by atoms with van der Waals surface area (Å²) in [6.45, 7) is 9.86. The van der Waals surface area contributed by atoms with E-state index in [1.165, 1.54) is 19.9 Å². The number of carbonyl (C=O) groups is 1. The SMILES string of the molecule is C=CCOc1ccc(Cl)cc1CN(CC)c1ccc(C(=O)NS(=O)(=O)c2c(C)noc2C)nn1. The van der Waals surface area contributed by atoms with Gasteiger partial charge in [-0.1, -0.05) is 29.4 Å². The van der Waals surface area contributed by atoms with Crippen LogP contribution in [0.3, 0.4) is 0 Å². The Hall–Kier alpha value is -3.44. The molecule has 3 rings (SSSR count). The molecule has 0 aliphatic rings. The van der Waals surface area contributed by atoms with Gasteiger partial charge in [0.15, 0.2) is 22.2 Å². The summed E-state index contributed by atoms with van der Waals surface area (Å²) in [6.07, 6.45) is 1.65. The van der Waals surface area contributed by atoms with Crippen molar-refractivity contribution in [2.75, 3.05) is 18.1 Å². The molecule has 10 nitrogen and oxygen atoms in total. The van der Waals surface area contributed by atoms with Gasteiger partial charge in [0.25, 0.3) is 15.9 Å². The first-order chi connectivity index (χ1) is 16.2. The molecule has 0 radical (unpaired) electrons. The molecule has 0 unspecified atom stereocenters. The second-order valence-electron chi connectivity index (χ2n) is 7.23. The number of halogens is 1. The summed E-state index contributed by atoms with van der Waals surface area (Å²) in [5.74, 6) is 0.311. The zero-order chi connectivity index (χ0) is 24.9. The monoisotopic (exact) mass is 505 g/mol. The van der Waals surface area contributed by atoms with E-state index in [2.05, 4.69) is 21.9 Å². The Morgan fingerprint density at radius 3 is 2.62 bits per heavy atom. The van der Waals surface area contributed by atoms with E-state index in [0.29, 0.717) is 36.3 Å². The lowest BCUT2D eigenvalue weighted by molar-refractivity contribution is 0.0975. The standard InChI is InChI=1S/C22H24ClN5O5S/c1-5-11-32-19-9-7-17(23)12-16(19)13-28(6-2)20-10-8-18(24-25-20)22(29)27-34(30,31)21-14(3)26-33-15(21)4/h5,7-10,12H,1,6,11,13H2,2-4H3,(H,27,29). The predicted molar refractivity (Wildman–Crippen MR) is 127 cm³/mol. The number of amides is 1. The molecular formula is C22H24ClN5O5S. The van der Waals surface area contributed by atoms with Crippen LogP contribution in [0.2, 0.25) is 5.02 Å². The third kappa shape index (κ3) is 5.72. The molecule has 1 aromatic carbocycles. The van der Waals surface area contributed by atoms with Crippen molar-refractivity contribution < 1.29 is 22.5 Å². The Bertz CT molecular complexity index is 1270. The summed E-state index contributed by atoms with van der Waals surface area (Å²) in [6, 6.07) is 8.31. The van der Waals surface area contributed by atoms with E-state index in [1.807, 2.05) is 16.5 Å². The molecule has 0 bridgehead atoms. The van der Waals surface area contributed by atoms with Gasteiger partial charge in [-0.25, -0.2) is 13.1 Å². The van der Waals surface area contributed by atoms with Gasteiger partial charge >= 0.3 is 0 Å². The van der Waals surface area contributed by atoms with Crippen molar-refractivity contribution in [2.24, 2.45) is 0 Å². The van der Waals surface area contributed by atoms with Crippen molar-refractivity contribution in [2.45, 2.75) is 32.2 Å². The summed E-state index contributed by atoms with van der Waals surface area (Å²) < 4.78 is 37.7. The second kappa shape index (κ2) is 10.7. The number of nitrogens with one attached hydrogen (secondary N) is 1. The van der Waals surface area contributed by atoms with Gasteiger partial charge in [0.1, 0.15) is 18.1 Å². The van der Waals surface area contributed by atoms with Crippen LogP contribution in [0, 0.1) is 13.8 Å². The molecule has 0 atom stereocenters. The molecule has 2 heterocycles. The number of ether oxygens (including phenoxy) is 1. The number of aromatic nitrogens is 3. The number of hydrogen-bond acceptors (Lipinski definition) is 9. The van der Waals surface area contributed by atoms with Gasteiger partial charge in [-0.2, -0.15) is 0 Å². The maximum absolute atomic E-state index is 12.6. The lowest BCUT2D eigenvalue weighted by atomic mass is 10.2. The van der Waals surface area contributed by atoms with E-state index in [4.69, 9.17) is 20.9 Å². The first-order valence-electron chi connectivity index (χ1n) is 10.3. The van der Waals surface area contributed by atoms with Crippen LogP contribution in [-0.4, -0.2) is 42.8 Å². The predicted octanol–water partition coefficient (Wildman–Crippen LogP) is 3.44. The molecule has 0 fully saturated rings. The summed E-state index contributed by atoms with van der Waals surface area (Å²) >= 11 is 6.16. The molecule has 12 heteroatoms. The van der Waals surface area contributed by atoms with Crippen molar-refractivity contribution in [3.05, 3.63) is 70.7 Å². The smallest absolute Gasteiger partial charge is 0.285 e. The van der Waals surface area contributed by atoms with E-state index in [9.17, 15) is 13.2 Å². The fourth-order valence-corrected chi connectivity index (χ4v) is 4.71. The van der Waals surface area contributed by atoms with Gasteiger partial charge in [0, 0.05) is 23.7 Å². The number of nitrogens with zero attached hydrogens (tertiary/aromatic N) is 4. The van der Waals surface area contributed by atoms with Gasteiger partial charge in [0.2, 0.25) is 0 Å². The van der Waals surface area contributed by atoms with Crippen LogP contribution >= 0.6 is 11.6 Å². The second-order valence-corrected chi connectivity index (χ2v) is 9.29. The number of aryl methyl sites for hydroxylation is 2. The first kappa shape index (κ1) is 25.2. The maximum atomic E-state index is 12.6. The van der Waals surface area contributed by atoms with Crippen molar-refractivity contribution in [1.82, 2.24) is 20.1 Å². The molecule has 0 aliphatic carbocycles. The Morgan fingerprint density at radius 1 is 1.26 bits per heavy atom. The zero-order valence-electron chi connectivity index (χ0n) is 18.9. The summed E-state index contributed by atoms with van der Waals surface area (Å²) in [5, 5.41) is 12.2. The van der Waals surface area contributed by atoms with Crippen LogP contribution in [-0.2, 0) is 16.6 Å². The minimum atomic E-state index is -4.18. The summed E-state index contributed by atoms with van der Waals surface area (Å²) in [7, 11) is -4.18. The Morgan fingerprint density at radius 2 is 2.03 bits per heavy atom.